The number of nitrogens with zero attached hydrogens (tertiary/aromatic N) is 4. The van der Waals surface area contributed by atoms with Crippen LogP contribution in [0.3, 0.4) is 0 Å². The van der Waals surface area contributed by atoms with E-state index in [1.54, 1.807) is 41.2 Å². The van der Waals surface area contributed by atoms with Crippen molar-refractivity contribution < 1.29 is 13.6 Å². The number of halogens is 1. The van der Waals surface area contributed by atoms with E-state index in [0.29, 0.717) is 22.4 Å². The predicted octanol–water partition coefficient (Wildman–Crippen LogP) is 3.62. The average Bonchev–Trinajstić information content (AvgIpc) is 3.42. The van der Waals surface area contributed by atoms with E-state index in [0.717, 1.165) is 5.56 Å². The predicted molar refractivity (Wildman–Crippen MR) is 105 cm³/mol. The van der Waals surface area contributed by atoms with Gasteiger partial charge in [-0.15, -0.1) is 10.2 Å². The third kappa shape index (κ3) is 4.52. The molecule has 0 aliphatic rings. The van der Waals surface area contributed by atoms with Crippen molar-refractivity contribution in [2.45, 2.75) is 17.5 Å². The fraction of sp³-hybridized carbons (Fsp3) is 0.100. The Hall–Kier alpha value is -3.46. The van der Waals surface area contributed by atoms with Crippen molar-refractivity contribution in [2.75, 3.05) is 0 Å². The van der Waals surface area contributed by atoms with Gasteiger partial charge in [-0.05, 0) is 54.1 Å². The Balaban J connectivity index is 1.57. The van der Waals surface area contributed by atoms with E-state index in [1.165, 1.54) is 30.2 Å². The van der Waals surface area contributed by atoms with Crippen LogP contribution in [-0.2, 0) is 12.3 Å². The molecule has 9 heteroatoms. The molecule has 7 nitrogen and oxygen atoms in total. The summed E-state index contributed by atoms with van der Waals surface area (Å²) in [7, 11) is 0. The summed E-state index contributed by atoms with van der Waals surface area (Å²) in [5.41, 5.74) is 1.79. The number of thioether (sulfide) groups is 1. The SMILES string of the molecule is O=C(NCc1nnc(SCc2ccncc2)n1-c1ccc(F)cc1)c1ccco1. The molecule has 4 aromatic rings. The molecule has 0 fully saturated rings. The zero-order chi connectivity index (χ0) is 20.1. The van der Waals surface area contributed by atoms with Gasteiger partial charge >= 0.3 is 0 Å². The number of hydrogen-bond acceptors (Lipinski definition) is 6. The van der Waals surface area contributed by atoms with Crippen LogP contribution in [0.5, 0.6) is 0 Å². The highest BCUT2D eigenvalue weighted by Gasteiger charge is 2.17. The molecule has 0 atom stereocenters. The molecule has 1 N–H and O–H groups in total. The van der Waals surface area contributed by atoms with Crippen LogP contribution in [0.4, 0.5) is 4.39 Å². The van der Waals surface area contributed by atoms with E-state index >= 15 is 0 Å². The monoisotopic (exact) mass is 409 g/mol. The number of furan rings is 1. The first-order chi connectivity index (χ1) is 14.2. The first-order valence-electron chi connectivity index (χ1n) is 8.74. The topological polar surface area (TPSA) is 85.8 Å². The van der Waals surface area contributed by atoms with Crippen LogP contribution in [0, 0.1) is 5.82 Å². The number of pyridine rings is 1. The van der Waals surface area contributed by atoms with Crippen LogP contribution in [0.25, 0.3) is 5.69 Å². The number of hydrogen-bond donors (Lipinski definition) is 1. The lowest BCUT2D eigenvalue weighted by molar-refractivity contribution is 0.0922. The molecule has 146 valence electrons. The lowest BCUT2D eigenvalue weighted by Crippen LogP contribution is -2.24. The maximum atomic E-state index is 13.4. The molecule has 0 saturated heterocycles. The molecule has 4 rings (SSSR count). The highest BCUT2D eigenvalue weighted by Crippen LogP contribution is 2.25. The van der Waals surface area contributed by atoms with Gasteiger partial charge in [0.2, 0.25) is 0 Å². The van der Waals surface area contributed by atoms with Crippen molar-refractivity contribution >= 4 is 17.7 Å². The highest BCUT2D eigenvalue weighted by atomic mass is 32.2. The standard InChI is InChI=1S/C20H16FN5O2S/c21-15-3-5-16(6-4-15)26-18(12-23-19(27)17-2-1-11-28-17)24-25-20(26)29-13-14-7-9-22-10-8-14/h1-11H,12-13H2,(H,23,27). The number of rotatable bonds is 7. The van der Waals surface area contributed by atoms with Crippen LogP contribution in [0.1, 0.15) is 21.9 Å². The van der Waals surface area contributed by atoms with E-state index < -0.39 is 0 Å². The summed E-state index contributed by atoms with van der Waals surface area (Å²) >= 11 is 1.49. The van der Waals surface area contributed by atoms with Crippen LogP contribution in [0.15, 0.2) is 76.8 Å². The third-order valence-corrected chi connectivity index (χ3v) is 5.05. The number of benzene rings is 1. The number of carbonyl (C=O) groups excluding carboxylic acids is 1. The Morgan fingerprint density at radius 3 is 2.62 bits per heavy atom. The van der Waals surface area contributed by atoms with Crippen LogP contribution in [0.2, 0.25) is 0 Å². The van der Waals surface area contributed by atoms with E-state index in [1.807, 2.05) is 12.1 Å². The average molecular weight is 409 g/mol. The van der Waals surface area contributed by atoms with Crippen molar-refractivity contribution in [1.29, 1.82) is 0 Å². The number of aromatic nitrogens is 4. The summed E-state index contributed by atoms with van der Waals surface area (Å²) in [6, 6.07) is 13.1. The number of amides is 1. The van der Waals surface area contributed by atoms with Gasteiger partial charge < -0.3 is 9.73 Å². The first-order valence-corrected chi connectivity index (χ1v) is 9.73. The Morgan fingerprint density at radius 1 is 1.10 bits per heavy atom. The van der Waals surface area contributed by atoms with E-state index in [2.05, 4.69) is 20.5 Å². The van der Waals surface area contributed by atoms with E-state index in [-0.39, 0.29) is 24.0 Å². The molecule has 0 aliphatic carbocycles. The summed E-state index contributed by atoms with van der Waals surface area (Å²) in [4.78, 5) is 16.2. The summed E-state index contributed by atoms with van der Waals surface area (Å²) in [6.07, 6.45) is 4.90. The molecule has 0 saturated carbocycles. The van der Waals surface area contributed by atoms with Crippen molar-refractivity contribution in [3.8, 4) is 5.69 Å². The normalized spacial score (nSPS) is 10.8. The van der Waals surface area contributed by atoms with Gasteiger partial charge in [0.1, 0.15) is 5.82 Å². The second-order valence-corrected chi connectivity index (χ2v) is 6.96. The largest absolute Gasteiger partial charge is 0.459 e. The fourth-order valence-corrected chi connectivity index (χ4v) is 3.57. The van der Waals surface area contributed by atoms with Crippen LogP contribution < -0.4 is 5.32 Å². The number of nitrogens with one attached hydrogen (secondary N) is 1. The summed E-state index contributed by atoms with van der Waals surface area (Å²) in [5, 5.41) is 11.9. The van der Waals surface area contributed by atoms with Gasteiger partial charge in [-0.25, -0.2) is 4.39 Å². The molecule has 0 aliphatic heterocycles. The molecule has 29 heavy (non-hydrogen) atoms. The van der Waals surface area contributed by atoms with Gasteiger partial charge in [-0.1, -0.05) is 11.8 Å². The summed E-state index contributed by atoms with van der Waals surface area (Å²) in [6.45, 7) is 0.139. The number of carbonyl (C=O) groups is 1. The second-order valence-electron chi connectivity index (χ2n) is 6.01. The molecular weight excluding hydrogens is 393 g/mol. The molecule has 0 radical (unpaired) electrons. The highest BCUT2D eigenvalue weighted by molar-refractivity contribution is 7.98. The quantitative estimate of drug-likeness (QED) is 0.469. The molecule has 1 aromatic carbocycles. The minimum Gasteiger partial charge on any atom is -0.459 e. The molecule has 3 heterocycles. The van der Waals surface area contributed by atoms with Gasteiger partial charge in [-0.2, -0.15) is 0 Å². The molecule has 0 spiro atoms. The lowest BCUT2D eigenvalue weighted by Gasteiger charge is -2.11. The van der Waals surface area contributed by atoms with E-state index in [9.17, 15) is 9.18 Å². The Bertz CT molecular complexity index is 1080. The van der Waals surface area contributed by atoms with Crippen molar-refractivity contribution in [2.24, 2.45) is 0 Å². The minimum absolute atomic E-state index is 0.139. The van der Waals surface area contributed by atoms with Crippen molar-refractivity contribution in [1.82, 2.24) is 25.1 Å². The molecule has 0 bridgehead atoms. The van der Waals surface area contributed by atoms with Crippen LogP contribution in [-0.4, -0.2) is 25.7 Å². The maximum absolute atomic E-state index is 13.4. The molecule has 0 unspecified atom stereocenters. The van der Waals surface area contributed by atoms with Gasteiger partial charge in [-0.3, -0.25) is 14.3 Å². The first kappa shape index (κ1) is 18.9. The Morgan fingerprint density at radius 2 is 1.90 bits per heavy atom. The van der Waals surface area contributed by atoms with Gasteiger partial charge in [0, 0.05) is 23.8 Å². The maximum Gasteiger partial charge on any atom is 0.287 e. The molecular formula is C20H16FN5O2S. The third-order valence-electron chi connectivity index (χ3n) is 4.05. The van der Waals surface area contributed by atoms with Gasteiger partial charge in [0.05, 0.1) is 12.8 Å². The minimum atomic E-state index is -0.352. The smallest absolute Gasteiger partial charge is 0.287 e. The van der Waals surface area contributed by atoms with E-state index in [4.69, 9.17) is 4.42 Å². The molecule has 1 amide bonds. The Labute approximate surface area is 170 Å². The zero-order valence-corrected chi connectivity index (χ0v) is 16.0. The summed E-state index contributed by atoms with van der Waals surface area (Å²) in [5.74, 6) is 0.717. The molecule has 3 aromatic heterocycles. The van der Waals surface area contributed by atoms with Gasteiger partial charge in [0.25, 0.3) is 5.91 Å². The van der Waals surface area contributed by atoms with Gasteiger partial charge in [0.15, 0.2) is 16.7 Å². The summed E-state index contributed by atoms with van der Waals surface area (Å²) < 4.78 is 20.3. The van der Waals surface area contributed by atoms with Crippen LogP contribution >= 0.6 is 11.8 Å². The van der Waals surface area contributed by atoms with Crippen molar-refractivity contribution in [3.05, 3.63) is 90.2 Å². The van der Waals surface area contributed by atoms with Crippen molar-refractivity contribution in [3.63, 3.8) is 0 Å². The zero-order valence-electron chi connectivity index (χ0n) is 15.2. The Kier molecular flexibility index (Phi) is 5.66. The fourth-order valence-electron chi connectivity index (χ4n) is 2.64. The second kappa shape index (κ2) is 8.70. The lowest BCUT2D eigenvalue weighted by atomic mass is 10.3.